The number of nitro groups is 1. The number of nitrogens with zero attached hydrogens (tertiary/aromatic N) is 1. The molecule has 0 spiro atoms. The highest BCUT2D eigenvalue weighted by atomic mass is 35.5. The van der Waals surface area contributed by atoms with Gasteiger partial charge in [0, 0.05) is 17.2 Å². The fraction of sp³-hybridized carbons (Fsp3) is 0.333. The van der Waals surface area contributed by atoms with E-state index in [0.717, 1.165) is 0 Å². The molecule has 0 aliphatic carbocycles. The van der Waals surface area contributed by atoms with Crippen molar-refractivity contribution < 1.29 is 10.0 Å². The fourth-order valence-corrected chi connectivity index (χ4v) is 1.40. The summed E-state index contributed by atoms with van der Waals surface area (Å²) in [4.78, 5) is 9.98. The summed E-state index contributed by atoms with van der Waals surface area (Å²) < 4.78 is 0. The van der Waals surface area contributed by atoms with Crippen LogP contribution in [0, 0.1) is 10.1 Å². The highest BCUT2D eigenvalue weighted by molar-refractivity contribution is 6.31. The summed E-state index contributed by atoms with van der Waals surface area (Å²) in [6.07, 6.45) is -0.815. The predicted octanol–water partition coefficient (Wildman–Crippen LogP) is 1.63. The maximum Gasteiger partial charge on any atom is 0.269 e. The van der Waals surface area contributed by atoms with Gasteiger partial charge >= 0.3 is 0 Å². The molecule has 0 fully saturated rings. The van der Waals surface area contributed by atoms with Gasteiger partial charge in [-0.2, -0.15) is 0 Å². The monoisotopic (exact) mass is 230 g/mol. The standard InChI is InChI=1S/C9H11ClN2O3/c1-5(13)9(11)7-4-6(12(14)15)2-3-8(7)10/h2-5,9,13H,11H2,1H3/t5-,9-/m1/s1. The minimum absolute atomic E-state index is 0.0921. The Bertz CT molecular complexity index is 382. The van der Waals surface area contributed by atoms with Crippen molar-refractivity contribution in [3.63, 3.8) is 0 Å². The van der Waals surface area contributed by atoms with Crippen molar-refractivity contribution in [3.8, 4) is 0 Å². The van der Waals surface area contributed by atoms with E-state index in [2.05, 4.69) is 0 Å². The Hall–Kier alpha value is -1.17. The zero-order chi connectivity index (χ0) is 11.6. The molecule has 82 valence electrons. The summed E-state index contributed by atoms with van der Waals surface area (Å²) in [5.74, 6) is 0. The first-order chi connectivity index (χ1) is 6.93. The van der Waals surface area contributed by atoms with E-state index in [1.165, 1.54) is 25.1 Å². The molecule has 15 heavy (non-hydrogen) atoms. The van der Waals surface area contributed by atoms with Gasteiger partial charge in [-0.3, -0.25) is 10.1 Å². The molecule has 3 N–H and O–H groups in total. The van der Waals surface area contributed by atoms with Gasteiger partial charge in [0.1, 0.15) is 0 Å². The first-order valence-corrected chi connectivity index (χ1v) is 4.68. The third kappa shape index (κ3) is 2.65. The van der Waals surface area contributed by atoms with Gasteiger partial charge in [0.2, 0.25) is 0 Å². The maximum absolute atomic E-state index is 10.5. The van der Waals surface area contributed by atoms with E-state index in [1.807, 2.05) is 0 Å². The lowest BCUT2D eigenvalue weighted by Crippen LogP contribution is -2.23. The molecule has 0 amide bonds. The molecule has 5 nitrogen and oxygen atoms in total. The zero-order valence-electron chi connectivity index (χ0n) is 8.05. The SMILES string of the molecule is C[C@@H](O)[C@@H](N)c1cc([N+](=O)[O-])ccc1Cl. The molecule has 0 saturated carbocycles. The van der Waals surface area contributed by atoms with Gasteiger partial charge in [0.05, 0.1) is 17.1 Å². The van der Waals surface area contributed by atoms with E-state index >= 15 is 0 Å². The highest BCUT2D eigenvalue weighted by Crippen LogP contribution is 2.27. The molecule has 2 atom stereocenters. The van der Waals surface area contributed by atoms with E-state index in [4.69, 9.17) is 17.3 Å². The van der Waals surface area contributed by atoms with Crippen molar-refractivity contribution in [3.05, 3.63) is 38.9 Å². The van der Waals surface area contributed by atoms with Crippen LogP contribution in [-0.4, -0.2) is 16.1 Å². The second-order valence-electron chi connectivity index (χ2n) is 3.23. The molecule has 0 unspecified atom stereocenters. The number of nitrogens with two attached hydrogens (primary N) is 1. The van der Waals surface area contributed by atoms with Crippen LogP contribution in [-0.2, 0) is 0 Å². The highest BCUT2D eigenvalue weighted by Gasteiger charge is 2.18. The molecular formula is C9H11ClN2O3. The number of hydrogen-bond acceptors (Lipinski definition) is 4. The van der Waals surface area contributed by atoms with Crippen molar-refractivity contribution in [2.45, 2.75) is 19.1 Å². The lowest BCUT2D eigenvalue weighted by molar-refractivity contribution is -0.384. The van der Waals surface area contributed by atoms with E-state index in [9.17, 15) is 15.2 Å². The van der Waals surface area contributed by atoms with E-state index in [0.29, 0.717) is 10.6 Å². The largest absolute Gasteiger partial charge is 0.391 e. The molecule has 0 heterocycles. The number of aliphatic hydroxyl groups is 1. The van der Waals surface area contributed by atoms with Gasteiger partial charge in [-0.15, -0.1) is 0 Å². The Balaban J connectivity index is 3.16. The van der Waals surface area contributed by atoms with Crippen LogP contribution in [0.4, 0.5) is 5.69 Å². The van der Waals surface area contributed by atoms with Gasteiger partial charge in [-0.25, -0.2) is 0 Å². The second-order valence-corrected chi connectivity index (χ2v) is 3.64. The number of aliphatic hydroxyl groups excluding tert-OH is 1. The summed E-state index contributed by atoms with van der Waals surface area (Å²) in [5, 5.41) is 20.1. The summed E-state index contributed by atoms with van der Waals surface area (Å²) in [6.45, 7) is 1.50. The van der Waals surface area contributed by atoms with Gasteiger partial charge < -0.3 is 10.8 Å². The van der Waals surface area contributed by atoms with Crippen LogP contribution in [0.3, 0.4) is 0 Å². The predicted molar refractivity (Wildman–Crippen MR) is 56.7 cm³/mol. The minimum atomic E-state index is -0.815. The number of nitro benzene ring substituents is 1. The van der Waals surface area contributed by atoms with E-state index in [1.54, 1.807) is 0 Å². The van der Waals surface area contributed by atoms with Crippen LogP contribution in [0.1, 0.15) is 18.5 Å². The Kier molecular flexibility index (Phi) is 3.62. The number of benzene rings is 1. The first-order valence-electron chi connectivity index (χ1n) is 4.31. The Labute approximate surface area is 91.6 Å². The second kappa shape index (κ2) is 4.57. The average molecular weight is 231 g/mol. The Morgan fingerprint density at radius 1 is 1.60 bits per heavy atom. The average Bonchev–Trinajstić information content (AvgIpc) is 2.16. The summed E-state index contributed by atoms with van der Waals surface area (Å²) >= 11 is 5.83. The molecule has 0 aliphatic heterocycles. The van der Waals surface area contributed by atoms with Crippen LogP contribution < -0.4 is 5.73 Å². The van der Waals surface area contributed by atoms with Gasteiger partial charge in [0.25, 0.3) is 5.69 Å². The van der Waals surface area contributed by atoms with Crippen LogP contribution in [0.5, 0.6) is 0 Å². The Morgan fingerprint density at radius 3 is 2.67 bits per heavy atom. The van der Waals surface area contributed by atoms with Gasteiger partial charge in [0.15, 0.2) is 0 Å². The van der Waals surface area contributed by atoms with Crippen molar-refractivity contribution in [2.75, 3.05) is 0 Å². The van der Waals surface area contributed by atoms with Gasteiger partial charge in [-0.05, 0) is 18.6 Å². The van der Waals surface area contributed by atoms with Crippen LogP contribution in [0.2, 0.25) is 5.02 Å². The first kappa shape index (κ1) is 11.9. The molecule has 1 aromatic rings. The van der Waals surface area contributed by atoms with Crippen molar-refractivity contribution in [1.29, 1.82) is 0 Å². The van der Waals surface area contributed by atoms with Crippen LogP contribution >= 0.6 is 11.6 Å². The van der Waals surface area contributed by atoms with E-state index in [-0.39, 0.29) is 5.69 Å². The lowest BCUT2D eigenvalue weighted by Gasteiger charge is -2.16. The number of rotatable bonds is 3. The van der Waals surface area contributed by atoms with Crippen LogP contribution in [0.25, 0.3) is 0 Å². The Morgan fingerprint density at radius 2 is 2.20 bits per heavy atom. The molecule has 1 aromatic carbocycles. The lowest BCUT2D eigenvalue weighted by atomic mass is 10.0. The molecule has 6 heteroatoms. The third-order valence-corrected chi connectivity index (χ3v) is 2.41. The van der Waals surface area contributed by atoms with E-state index < -0.39 is 17.1 Å². The van der Waals surface area contributed by atoms with Crippen molar-refractivity contribution in [2.24, 2.45) is 5.73 Å². The molecule has 0 aliphatic rings. The van der Waals surface area contributed by atoms with Crippen molar-refractivity contribution in [1.82, 2.24) is 0 Å². The normalized spacial score (nSPS) is 14.7. The summed E-state index contributed by atoms with van der Waals surface area (Å²) in [7, 11) is 0. The van der Waals surface area contributed by atoms with Gasteiger partial charge in [-0.1, -0.05) is 11.6 Å². The number of halogens is 1. The van der Waals surface area contributed by atoms with Crippen molar-refractivity contribution >= 4 is 17.3 Å². The quantitative estimate of drug-likeness (QED) is 0.610. The molecular weight excluding hydrogens is 220 g/mol. The molecule has 0 aromatic heterocycles. The molecule has 1 rings (SSSR count). The number of non-ortho nitro benzene ring substituents is 1. The molecule has 0 radical (unpaired) electrons. The summed E-state index contributed by atoms with van der Waals surface area (Å²) in [5.41, 5.74) is 5.93. The molecule has 0 bridgehead atoms. The summed E-state index contributed by atoms with van der Waals surface area (Å²) in [6, 6.07) is 3.25. The maximum atomic E-state index is 10.5. The topological polar surface area (TPSA) is 89.4 Å². The molecule has 0 saturated heterocycles. The van der Waals surface area contributed by atoms with Crippen LogP contribution in [0.15, 0.2) is 18.2 Å². The minimum Gasteiger partial charge on any atom is -0.391 e. The smallest absolute Gasteiger partial charge is 0.269 e. The number of hydrogen-bond donors (Lipinski definition) is 2. The fourth-order valence-electron chi connectivity index (χ4n) is 1.16. The zero-order valence-corrected chi connectivity index (χ0v) is 8.81. The third-order valence-electron chi connectivity index (χ3n) is 2.07.